The minimum Gasteiger partial charge on any atom is -0.338 e. The zero-order valence-corrected chi connectivity index (χ0v) is 14.7. The Labute approximate surface area is 148 Å². The third-order valence-corrected chi connectivity index (χ3v) is 5.53. The molecule has 3 aromatic rings. The van der Waals surface area contributed by atoms with Crippen LogP contribution in [0, 0.1) is 12.8 Å². The van der Waals surface area contributed by atoms with E-state index in [1.54, 1.807) is 10.9 Å². The highest BCUT2D eigenvalue weighted by molar-refractivity contribution is 7.12. The summed E-state index contributed by atoms with van der Waals surface area (Å²) in [7, 11) is 0. The Kier molecular flexibility index (Phi) is 4.09. The van der Waals surface area contributed by atoms with E-state index in [4.69, 9.17) is 0 Å². The fourth-order valence-electron chi connectivity index (χ4n) is 3.35. The molecule has 1 fully saturated rings. The van der Waals surface area contributed by atoms with Crippen molar-refractivity contribution >= 4 is 27.7 Å². The number of benzene rings is 1. The Morgan fingerprint density at radius 1 is 1.32 bits per heavy atom. The van der Waals surface area contributed by atoms with Crippen molar-refractivity contribution in [1.29, 1.82) is 0 Å². The van der Waals surface area contributed by atoms with Crippen LogP contribution in [0.1, 0.15) is 22.5 Å². The van der Waals surface area contributed by atoms with Crippen molar-refractivity contribution in [3.8, 4) is 0 Å². The number of hydrogen-bond acceptors (Lipinski definition) is 5. The molecular formula is C18H18N4O2S. The summed E-state index contributed by atoms with van der Waals surface area (Å²) in [6, 6.07) is 9.33. The maximum Gasteiger partial charge on any atom is 0.263 e. The van der Waals surface area contributed by atoms with Gasteiger partial charge in [0, 0.05) is 25.2 Å². The van der Waals surface area contributed by atoms with E-state index in [1.807, 2.05) is 42.2 Å². The topological polar surface area (TPSA) is 68.1 Å². The van der Waals surface area contributed by atoms with Crippen molar-refractivity contribution in [2.45, 2.75) is 19.9 Å². The third kappa shape index (κ3) is 2.95. The number of carbonyl (C=O) groups is 1. The molecule has 3 heterocycles. The normalized spacial score (nSPS) is 17.3. The van der Waals surface area contributed by atoms with Gasteiger partial charge in [0.15, 0.2) is 4.83 Å². The van der Waals surface area contributed by atoms with Gasteiger partial charge < -0.3 is 4.90 Å². The number of aromatic nitrogens is 3. The number of likely N-dealkylation sites (tertiary alicyclic amines) is 1. The lowest BCUT2D eigenvalue weighted by molar-refractivity contribution is 0.0786. The van der Waals surface area contributed by atoms with Gasteiger partial charge in [0.05, 0.1) is 17.4 Å². The number of hydrogen-bond donors (Lipinski definition) is 0. The van der Waals surface area contributed by atoms with E-state index >= 15 is 0 Å². The molecule has 1 amide bonds. The Hall–Kier alpha value is -2.54. The number of amides is 1. The van der Waals surface area contributed by atoms with Gasteiger partial charge >= 0.3 is 0 Å². The molecule has 2 aromatic heterocycles. The molecule has 1 atom stereocenters. The van der Waals surface area contributed by atoms with Crippen molar-refractivity contribution in [2.24, 2.45) is 5.92 Å². The predicted molar refractivity (Wildman–Crippen MR) is 96.9 cm³/mol. The average Bonchev–Trinajstić information content (AvgIpc) is 3.25. The quantitative estimate of drug-likeness (QED) is 0.724. The largest absolute Gasteiger partial charge is 0.338 e. The van der Waals surface area contributed by atoms with Gasteiger partial charge in [-0.1, -0.05) is 18.2 Å². The first kappa shape index (κ1) is 16.0. The third-order valence-electron chi connectivity index (χ3n) is 4.68. The Morgan fingerprint density at radius 3 is 2.92 bits per heavy atom. The summed E-state index contributed by atoms with van der Waals surface area (Å²) in [6.07, 6.45) is 2.49. The molecule has 0 bridgehead atoms. The molecule has 0 aliphatic carbocycles. The second kappa shape index (κ2) is 6.40. The molecule has 6 nitrogen and oxygen atoms in total. The van der Waals surface area contributed by atoms with Crippen LogP contribution in [0.15, 0.2) is 41.5 Å². The summed E-state index contributed by atoms with van der Waals surface area (Å²) in [5.74, 6) is 0.318. The van der Waals surface area contributed by atoms with Crippen molar-refractivity contribution in [3.63, 3.8) is 0 Å². The van der Waals surface area contributed by atoms with E-state index in [1.165, 1.54) is 11.5 Å². The van der Waals surface area contributed by atoms with Crippen molar-refractivity contribution in [3.05, 3.63) is 58.3 Å². The molecular weight excluding hydrogens is 336 g/mol. The number of fused-ring (bicyclic) bond motifs is 1. The van der Waals surface area contributed by atoms with Crippen LogP contribution in [0.2, 0.25) is 0 Å². The van der Waals surface area contributed by atoms with Crippen LogP contribution >= 0.6 is 11.5 Å². The molecule has 25 heavy (non-hydrogen) atoms. The standard InChI is InChI=1S/C18H18N4O2S/c1-12-15-16(25-20-12)19-11-22(18(15)24)10-13-7-8-21(9-13)17(23)14-5-3-2-4-6-14/h2-6,11,13H,7-10H2,1H3. The summed E-state index contributed by atoms with van der Waals surface area (Å²) in [5, 5.41) is 0.614. The van der Waals surface area contributed by atoms with E-state index in [2.05, 4.69) is 9.36 Å². The molecule has 1 aliphatic heterocycles. The van der Waals surface area contributed by atoms with E-state index in [-0.39, 0.29) is 17.4 Å². The highest BCUT2D eigenvalue weighted by Gasteiger charge is 2.27. The molecule has 128 valence electrons. The van der Waals surface area contributed by atoms with E-state index in [0.717, 1.165) is 18.7 Å². The highest BCUT2D eigenvalue weighted by Crippen LogP contribution is 2.21. The molecule has 0 spiro atoms. The predicted octanol–water partition coefficient (Wildman–Crippen LogP) is 2.32. The Balaban J connectivity index is 1.50. The van der Waals surface area contributed by atoms with Crippen molar-refractivity contribution in [1.82, 2.24) is 18.8 Å². The van der Waals surface area contributed by atoms with Crippen LogP contribution in [-0.2, 0) is 6.54 Å². The Bertz CT molecular complexity index is 980. The molecule has 1 unspecified atom stereocenters. The van der Waals surface area contributed by atoms with Gasteiger partial charge in [-0.3, -0.25) is 14.2 Å². The summed E-state index contributed by atoms with van der Waals surface area (Å²) >= 11 is 1.25. The van der Waals surface area contributed by atoms with Gasteiger partial charge in [-0.2, -0.15) is 4.37 Å². The van der Waals surface area contributed by atoms with Gasteiger partial charge in [0.25, 0.3) is 11.5 Å². The Morgan fingerprint density at radius 2 is 2.12 bits per heavy atom. The molecule has 1 aliphatic rings. The lowest BCUT2D eigenvalue weighted by atomic mass is 10.1. The van der Waals surface area contributed by atoms with Crippen LogP contribution in [-0.4, -0.2) is 37.8 Å². The van der Waals surface area contributed by atoms with Crippen LogP contribution in [0.25, 0.3) is 10.2 Å². The minimum absolute atomic E-state index is 0.0379. The van der Waals surface area contributed by atoms with Crippen LogP contribution in [0.4, 0.5) is 0 Å². The molecule has 0 N–H and O–H groups in total. The first-order valence-corrected chi connectivity index (χ1v) is 9.06. The monoisotopic (exact) mass is 354 g/mol. The zero-order chi connectivity index (χ0) is 17.4. The second-order valence-corrected chi connectivity index (χ2v) is 7.17. The van der Waals surface area contributed by atoms with E-state index in [9.17, 15) is 9.59 Å². The van der Waals surface area contributed by atoms with Crippen molar-refractivity contribution < 1.29 is 4.79 Å². The first-order chi connectivity index (χ1) is 12.1. The maximum atomic E-state index is 12.6. The summed E-state index contributed by atoms with van der Waals surface area (Å²) in [6.45, 7) is 3.80. The second-order valence-electron chi connectivity index (χ2n) is 6.42. The summed E-state index contributed by atoms with van der Waals surface area (Å²) in [5.41, 5.74) is 1.41. The number of rotatable bonds is 3. The summed E-state index contributed by atoms with van der Waals surface area (Å²) < 4.78 is 5.87. The number of aryl methyl sites for hydroxylation is 1. The number of carbonyl (C=O) groups excluding carboxylic acids is 1. The fraction of sp³-hybridized carbons (Fsp3) is 0.333. The number of nitrogens with zero attached hydrogens (tertiary/aromatic N) is 4. The molecule has 0 saturated carbocycles. The zero-order valence-electron chi connectivity index (χ0n) is 13.9. The molecule has 0 radical (unpaired) electrons. The van der Waals surface area contributed by atoms with Crippen LogP contribution < -0.4 is 5.56 Å². The van der Waals surface area contributed by atoms with Crippen molar-refractivity contribution in [2.75, 3.05) is 13.1 Å². The molecule has 7 heteroatoms. The van der Waals surface area contributed by atoms with Gasteiger partial charge in [0.1, 0.15) is 0 Å². The molecule has 4 rings (SSSR count). The smallest absolute Gasteiger partial charge is 0.263 e. The minimum atomic E-state index is -0.0379. The van der Waals surface area contributed by atoms with Gasteiger partial charge in [-0.15, -0.1) is 0 Å². The molecule has 1 aromatic carbocycles. The highest BCUT2D eigenvalue weighted by atomic mass is 32.1. The fourth-order valence-corrected chi connectivity index (χ4v) is 4.08. The average molecular weight is 354 g/mol. The van der Waals surface area contributed by atoms with E-state index in [0.29, 0.717) is 28.9 Å². The van der Waals surface area contributed by atoms with Gasteiger partial charge in [0.2, 0.25) is 0 Å². The first-order valence-electron chi connectivity index (χ1n) is 8.29. The van der Waals surface area contributed by atoms with Gasteiger partial charge in [-0.05, 0) is 42.9 Å². The van der Waals surface area contributed by atoms with Crippen LogP contribution in [0.5, 0.6) is 0 Å². The lowest BCUT2D eigenvalue weighted by Gasteiger charge is -2.17. The summed E-state index contributed by atoms with van der Waals surface area (Å²) in [4.78, 5) is 32.1. The SMILES string of the molecule is Cc1nsc2ncn(CC3CCN(C(=O)c4ccccc4)C3)c(=O)c12. The van der Waals surface area contributed by atoms with E-state index < -0.39 is 0 Å². The van der Waals surface area contributed by atoms with Gasteiger partial charge in [-0.25, -0.2) is 4.98 Å². The maximum absolute atomic E-state index is 12.6. The lowest BCUT2D eigenvalue weighted by Crippen LogP contribution is -2.30. The van der Waals surface area contributed by atoms with Crippen LogP contribution in [0.3, 0.4) is 0 Å². The molecule has 1 saturated heterocycles.